The number of aryl methyl sites for hydroxylation is 1. The SMILES string of the molecule is CCCNCc1cc(Cl)ccc1OCc1ccc(C)cc1.Cl. The van der Waals surface area contributed by atoms with Crippen molar-refractivity contribution in [3.63, 3.8) is 0 Å². The lowest BCUT2D eigenvalue weighted by atomic mass is 10.1. The smallest absolute Gasteiger partial charge is 0.124 e. The third kappa shape index (κ3) is 5.88. The molecule has 2 aromatic carbocycles. The average molecular weight is 340 g/mol. The molecule has 0 amide bonds. The van der Waals surface area contributed by atoms with Gasteiger partial charge >= 0.3 is 0 Å². The first-order valence-corrected chi connectivity index (χ1v) is 7.74. The largest absolute Gasteiger partial charge is 0.489 e. The summed E-state index contributed by atoms with van der Waals surface area (Å²) in [4.78, 5) is 0. The van der Waals surface area contributed by atoms with Crippen molar-refractivity contribution >= 4 is 24.0 Å². The molecule has 22 heavy (non-hydrogen) atoms. The van der Waals surface area contributed by atoms with Gasteiger partial charge in [-0.1, -0.05) is 48.4 Å². The molecular weight excluding hydrogens is 317 g/mol. The summed E-state index contributed by atoms with van der Waals surface area (Å²) in [6.07, 6.45) is 1.11. The minimum atomic E-state index is 0. The molecule has 0 aromatic heterocycles. The second kappa shape index (κ2) is 9.73. The molecule has 0 aliphatic heterocycles. The van der Waals surface area contributed by atoms with Crippen LogP contribution in [0.5, 0.6) is 5.75 Å². The molecule has 0 aliphatic carbocycles. The summed E-state index contributed by atoms with van der Waals surface area (Å²) in [6, 6.07) is 14.2. The molecule has 120 valence electrons. The van der Waals surface area contributed by atoms with E-state index in [-0.39, 0.29) is 12.4 Å². The molecule has 0 spiro atoms. The molecule has 0 radical (unpaired) electrons. The molecule has 0 heterocycles. The Morgan fingerprint density at radius 2 is 1.82 bits per heavy atom. The van der Waals surface area contributed by atoms with Gasteiger partial charge in [0.25, 0.3) is 0 Å². The third-order valence-electron chi connectivity index (χ3n) is 3.28. The number of hydrogen-bond acceptors (Lipinski definition) is 2. The maximum atomic E-state index is 6.08. The number of ether oxygens (including phenoxy) is 1. The zero-order chi connectivity index (χ0) is 15.1. The van der Waals surface area contributed by atoms with Crippen LogP contribution in [-0.4, -0.2) is 6.54 Å². The van der Waals surface area contributed by atoms with Gasteiger partial charge in [0.15, 0.2) is 0 Å². The van der Waals surface area contributed by atoms with E-state index in [2.05, 4.69) is 43.4 Å². The molecule has 2 aromatic rings. The van der Waals surface area contributed by atoms with Crippen molar-refractivity contribution in [2.75, 3.05) is 6.54 Å². The summed E-state index contributed by atoms with van der Waals surface area (Å²) >= 11 is 6.08. The van der Waals surface area contributed by atoms with Crippen molar-refractivity contribution in [2.24, 2.45) is 0 Å². The second-order valence-corrected chi connectivity index (χ2v) is 5.64. The monoisotopic (exact) mass is 339 g/mol. The van der Waals surface area contributed by atoms with Crippen LogP contribution in [0.25, 0.3) is 0 Å². The fourth-order valence-corrected chi connectivity index (χ4v) is 2.27. The van der Waals surface area contributed by atoms with Gasteiger partial charge in [-0.2, -0.15) is 0 Å². The first kappa shape index (κ1) is 18.8. The molecule has 0 aliphatic rings. The van der Waals surface area contributed by atoms with Crippen LogP contribution in [0, 0.1) is 6.92 Å². The van der Waals surface area contributed by atoms with E-state index in [4.69, 9.17) is 16.3 Å². The Bertz CT molecular complexity index is 570. The van der Waals surface area contributed by atoms with Crippen LogP contribution >= 0.6 is 24.0 Å². The van der Waals surface area contributed by atoms with E-state index < -0.39 is 0 Å². The second-order valence-electron chi connectivity index (χ2n) is 5.20. The van der Waals surface area contributed by atoms with Crippen LogP contribution in [0.15, 0.2) is 42.5 Å². The van der Waals surface area contributed by atoms with Crippen molar-refractivity contribution in [3.05, 3.63) is 64.2 Å². The molecular formula is C18H23Cl2NO. The predicted molar refractivity (Wildman–Crippen MR) is 96.2 cm³/mol. The summed E-state index contributed by atoms with van der Waals surface area (Å²) in [7, 11) is 0. The highest BCUT2D eigenvalue weighted by atomic mass is 35.5. The van der Waals surface area contributed by atoms with E-state index in [1.807, 2.05) is 18.2 Å². The van der Waals surface area contributed by atoms with Crippen LogP contribution < -0.4 is 10.1 Å². The quantitative estimate of drug-likeness (QED) is 0.704. The lowest BCUT2D eigenvalue weighted by Crippen LogP contribution is -2.14. The van der Waals surface area contributed by atoms with E-state index in [9.17, 15) is 0 Å². The van der Waals surface area contributed by atoms with Crippen LogP contribution in [-0.2, 0) is 13.2 Å². The Balaban J connectivity index is 0.00000242. The summed E-state index contributed by atoms with van der Waals surface area (Å²) in [6.45, 7) is 6.57. The Morgan fingerprint density at radius 3 is 2.50 bits per heavy atom. The van der Waals surface area contributed by atoms with Gasteiger partial charge in [-0.3, -0.25) is 0 Å². The molecule has 0 saturated heterocycles. The first-order chi connectivity index (χ1) is 10.2. The zero-order valence-corrected chi connectivity index (χ0v) is 14.6. The van der Waals surface area contributed by atoms with Crippen LogP contribution in [0.1, 0.15) is 30.0 Å². The van der Waals surface area contributed by atoms with Crippen molar-refractivity contribution in [1.82, 2.24) is 5.32 Å². The lowest BCUT2D eigenvalue weighted by molar-refractivity contribution is 0.302. The van der Waals surface area contributed by atoms with Crippen molar-refractivity contribution in [1.29, 1.82) is 0 Å². The van der Waals surface area contributed by atoms with Gasteiger partial charge in [-0.25, -0.2) is 0 Å². The molecule has 4 heteroatoms. The number of hydrogen-bond donors (Lipinski definition) is 1. The Labute approximate surface area is 144 Å². The van der Waals surface area contributed by atoms with Crippen LogP contribution in [0.2, 0.25) is 5.02 Å². The van der Waals surface area contributed by atoms with Gasteiger partial charge in [-0.15, -0.1) is 12.4 Å². The fourth-order valence-electron chi connectivity index (χ4n) is 2.07. The summed E-state index contributed by atoms with van der Waals surface area (Å²) in [5.74, 6) is 0.892. The molecule has 2 rings (SSSR count). The minimum absolute atomic E-state index is 0. The number of benzene rings is 2. The van der Waals surface area contributed by atoms with Crippen molar-refractivity contribution in [2.45, 2.75) is 33.4 Å². The molecule has 0 unspecified atom stereocenters. The van der Waals surface area contributed by atoms with Gasteiger partial charge in [-0.05, 0) is 43.7 Å². The Morgan fingerprint density at radius 1 is 1.09 bits per heavy atom. The van der Waals surface area contributed by atoms with E-state index in [0.29, 0.717) is 6.61 Å². The molecule has 2 nitrogen and oxygen atoms in total. The topological polar surface area (TPSA) is 21.3 Å². The van der Waals surface area contributed by atoms with Gasteiger partial charge in [0.2, 0.25) is 0 Å². The summed E-state index contributed by atoms with van der Waals surface area (Å²) in [5.41, 5.74) is 3.53. The summed E-state index contributed by atoms with van der Waals surface area (Å²) in [5, 5.41) is 4.13. The normalized spacial score (nSPS) is 10.1. The first-order valence-electron chi connectivity index (χ1n) is 7.36. The van der Waals surface area contributed by atoms with E-state index in [0.717, 1.165) is 35.8 Å². The van der Waals surface area contributed by atoms with E-state index in [1.54, 1.807) is 0 Å². The van der Waals surface area contributed by atoms with Gasteiger partial charge in [0, 0.05) is 17.1 Å². The Kier molecular flexibility index (Phi) is 8.32. The van der Waals surface area contributed by atoms with Gasteiger partial charge < -0.3 is 10.1 Å². The molecule has 0 bridgehead atoms. The third-order valence-corrected chi connectivity index (χ3v) is 3.51. The number of nitrogens with one attached hydrogen (secondary N) is 1. The molecule has 1 N–H and O–H groups in total. The van der Waals surface area contributed by atoms with Gasteiger partial charge in [0.1, 0.15) is 12.4 Å². The lowest BCUT2D eigenvalue weighted by Gasteiger charge is -2.13. The van der Waals surface area contributed by atoms with E-state index >= 15 is 0 Å². The van der Waals surface area contributed by atoms with Crippen LogP contribution in [0.4, 0.5) is 0 Å². The van der Waals surface area contributed by atoms with Gasteiger partial charge in [0.05, 0.1) is 0 Å². The van der Waals surface area contributed by atoms with Crippen molar-refractivity contribution in [3.8, 4) is 5.75 Å². The highest BCUT2D eigenvalue weighted by molar-refractivity contribution is 6.30. The van der Waals surface area contributed by atoms with Crippen molar-refractivity contribution < 1.29 is 4.74 Å². The van der Waals surface area contributed by atoms with Crippen LogP contribution in [0.3, 0.4) is 0 Å². The standard InChI is InChI=1S/C18H22ClNO.ClH/c1-3-10-20-12-16-11-17(19)8-9-18(16)21-13-15-6-4-14(2)5-7-15;/h4-9,11,20H,3,10,12-13H2,1-2H3;1H. The number of rotatable bonds is 7. The molecule has 0 atom stereocenters. The average Bonchev–Trinajstić information content (AvgIpc) is 2.48. The maximum absolute atomic E-state index is 6.08. The maximum Gasteiger partial charge on any atom is 0.124 e. The number of halogens is 2. The summed E-state index contributed by atoms with van der Waals surface area (Å²) < 4.78 is 5.95. The Hall–Kier alpha value is -1.22. The fraction of sp³-hybridized carbons (Fsp3) is 0.333. The van der Waals surface area contributed by atoms with E-state index in [1.165, 1.54) is 11.1 Å². The molecule has 0 saturated carbocycles. The predicted octanol–water partition coefficient (Wildman–Crippen LogP) is 5.15. The highest BCUT2D eigenvalue weighted by Gasteiger charge is 2.05. The zero-order valence-electron chi connectivity index (χ0n) is 13.1. The molecule has 0 fully saturated rings. The minimum Gasteiger partial charge on any atom is -0.489 e. The highest BCUT2D eigenvalue weighted by Crippen LogP contribution is 2.24.